The Morgan fingerprint density at radius 3 is 1.29 bits per heavy atom. The summed E-state index contributed by atoms with van der Waals surface area (Å²) in [6.07, 6.45) is 2.16. The molecule has 112 valence electrons. The summed E-state index contributed by atoms with van der Waals surface area (Å²) in [5, 5.41) is 1.99. The molecule has 0 nitrogen and oxygen atoms in total. The maximum atomic E-state index is 3.75. The van der Waals surface area contributed by atoms with Crippen LogP contribution in [0.25, 0.3) is 0 Å². The highest BCUT2D eigenvalue weighted by Gasteiger charge is 2.28. The molecule has 0 bridgehead atoms. The largest absolute Gasteiger partial charge is 0.0921 e. The van der Waals surface area contributed by atoms with E-state index in [0.717, 1.165) is 23.5 Å². The second kappa shape index (κ2) is 7.60. The van der Waals surface area contributed by atoms with Gasteiger partial charge in [0.15, 0.2) is 0 Å². The highest BCUT2D eigenvalue weighted by molar-refractivity contribution is 9.09. The molecule has 0 N–H and O–H groups in total. The van der Waals surface area contributed by atoms with Gasteiger partial charge in [0.1, 0.15) is 0 Å². The van der Waals surface area contributed by atoms with Crippen molar-refractivity contribution in [3.63, 3.8) is 0 Å². The van der Waals surface area contributed by atoms with Crippen LogP contribution in [0.2, 0.25) is 0 Å². The van der Waals surface area contributed by atoms with E-state index in [-0.39, 0.29) is 5.41 Å². The first-order valence-corrected chi connectivity index (χ1v) is 9.54. The van der Waals surface area contributed by atoms with Gasteiger partial charge in [-0.1, -0.05) is 91.5 Å². The summed E-state index contributed by atoms with van der Waals surface area (Å²) < 4.78 is 0. The lowest BCUT2D eigenvalue weighted by molar-refractivity contribution is 0.386. The summed E-state index contributed by atoms with van der Waals surface area (Å²) in [4.78, 5) is 0. The smallest absolute Gasteiger partial charge is 0.0102 e. The molecule has 2 rings (SSSR count). The lowest BCUT2D eigenvalue weighted by atomic mass is 9.80. The molecule has 0 aliphatic heterocycles. The fourth-order valence-electron chi connectivity index (χ4n) is 2.57. The molecule has 0 saturated heterocycles. The minimum atomic E-state index is 0.213. The molecule has 0 aliphatic carbocycles. The van der Waals surface area contributed by atoms with Gasteiger partial charge in [-0.3, -0.25) is 0 Å². The van der Waals surface area contributed by atoms with Crippen molar-refractivity contribution in [3.8, 4) is 0 Å². The Morgan fingerprint density at radius 2 is 1.00 bits per heavy atom. The Hall–Kier alpha value is -0.600. The fraction of sp³-hybridized carbons (Fsp3) is 0.368. The van der Waals surface area contributed by atoms with Crippen LogP contribution in [0.5, 0.6) is 0 Å². The van der Waals surface area contributed by atoms with E-state index >= 15 is 0 Å². The van der Waals surface area contributed by atoms with Crippen LogP contribution in [-0.2, 0) is 12.8 Å². The van der Waals surface area contributed by atoms with Crippen molar-refractivity contribution in [3.05, 3.63) is 70.8 Å². The van der Waals surface area contributed by atoms with Gasteiger partial charge in [-0.25, -0.2) is 0 Å². The third-order valence-electron chi connectivity index (χ3n) is 3.97. The SMILES string of the molecule is Cc1ccc(CC(CBr)(CBr)Cc2ccc(C)cc2)cc1. The van der Waals surface area contributed by atoms with E-state index in [0.29, 0.717) is 0 Å². The van der Waals surface area contributed by atoms with Gasteiger partial charge >= 0.3 is 0 Å². The lowest BCUT2D eigenvalue weighted by Crippen LogP contribution is -2.30. The fourth-order valence-corrected chi connectivity index (χ4v) is 4.29. The van der Waals surface area contributed by atoms with Gasteiger partial charge in [0.2, 0.25) is 0 Å². The normalized spacial score (nSPS) is 11.6. The van der Waals surface area contributed by atoms with Gasteiger partial charge in [0.05, 0.1) is 0 Å². The van der Waals surface area contributed by atoms with Crippen LogP contribution in [0, 0.1) is 19.3 Å². The summed E-state index contributed by atoms with van der Waals surface area (Å²) >= 11 is 7.49. The lowest BCUT2D eigenvalue weighted by Gasteiger charge is -2.30. The van der Waals surface area contributed by atoms with Gasteiger partial charge < -0.3 is 0 Å². The Morgan fingerprint density at radius 1 is 0.667 bits per heavy atom. The van der Waals surface area contributed by atoms with E-state index in [9.17, 15) is 0 Å². The Balaban J connectivity index is 2.19. The number of rotatable bonds is 6. The minimum absolute atomic E-state index is 0.213. The average molecular weight is 410 g/mol. The molecule has 0 aromatic heterocycles. The molecule has 21 heavy (non-hydrogen) atoms. The van der Waals surface area contributed by atoms with Crippen LogP contribution in [0.3, 0.4) is 0 Å². The van der Waals surface area contributed by atoms with Crippen molar-refractivity contribution in [2.24, 2.45) is 5.41 Å². The maximum Gasteiger partial charge on any atom is 0.0102 e. The maximum absolute atomic E-state index is 3.75. The topological polar surface area (TPSA) is 0 Å². The monoisotopic (exact) mass is 408 g/mol. The van der Waals surface area contributed by atoms with E-state index in [1.54, 1.807) is 0 Å². The number of hydrogen-bond donors (Lipinski definition) is 0. The molecule has 0 fully saturated rings. The zero-order valence-electron chi connectivity index (χ0n) is 12.7. The predicted molar refractivity (Wildman–Crippen MR) is 99.8 cm³/mol. The van der Waals surface area contributed by atoms with E-state index in [2.05, 4.69) is 94.2 Å². The van der Waals surface area contributed by atoms with Gasteiger partial charge in [-0.15, -0.1) is 0 Å². The third kappa shape index (κ3) is 4.69. The van der Waals surface area contributed by atoms with Crippen LogP contribution in [0.4, 0.5) is 0 Å². The summed E-state index contributed by atoms with van der Waals surface area (Å²) in [5.74, 6) is 0. The van der Waals surface area contributed by atoms with Crippen molar-refractivity contribution in [2.45, 2.75) is 26.7 Å². The standard InChI is InChI=1S/C19H22Br2/c1-15-3-7-17(8-4-15)11-19(13-20,14-21)12-18-9-5-16(2)6-10-18/h3-10H,11-14H2,1-2H3. The first kappa shape index (κ1) is 16.8. The van der Waals surface area contributed by atoms with Crippen molar-refractivity contribution >= 4 is 31.9 Å². The number of benzene rings is 2. The molecule has 2 aromatic rings. The molecule has 0 aliphatic rings. The van der Waals surface area contributed by atoms with Gasteiger partial charge in [-0.05, 0) is 43.2 Å². The molecule has 0 atom stereocenters. The Bertz CT molecular complexity index is 502. The minimum Gasteiger partial charge on any atom is -0.0921 e. The highest BCUT2D eigenvalue weighted by atomic mass is 79.9. The van der Waals surface area contributed by atoms with Crippen LogP contribution in [0.1, 0.15) is 22.3 Å². The van der Waals surface area contributed by atoms with Crippen molar-refractivity contribution < 1.29 is 0 Å². The molecule has 2 aromatic carbocycles. The van der Waals surface area contributed by atoms with Crippen molar-refractivity contribution in [2.75, 3.05) is 10.7 Å². The van der Waals surface area contributed by atoms with Crippen LogP contribution >= 0.6 is 31.9 Å². The van der Waals surface area contributed by atoms with E-state index in [1.807, 2.05) is 0 Å². The Kier molecular flexibility index (Phi) is 6.07. The zero-order chi connectivity index (χ0) is 15.3. The van der Waals surface area contributed by atoms with Gasteiger partial charge in [0.25, 0.3) is 0 Å². The third-order valence-corrected chi connectivity index (χ3v) is 6.35. The van der Waals surface area contributed by atoms with Crippen molar-refractivity contribution in [1.29, 1.82) is 0 Å². The number of alkyl halides is 2. The first-order valence-electron chi connectivity index (χ1n) is 7.30. The summed E-state index contributed by atoms with van der Waals surface area (Å²) in [5.41, 5.74) is 5.67. The predicted octanol–water partition coefficient (Wildman–Crippen LogP) is 5.86. The summed E-state index contributed by atoms with van der Waals surface area (Å²) in [6, 6.07) is 17.8. The summed E-state index contributed by atoms with van der Waals surface area (Å²) in [6.45, 7) is 4.27. The summed E-state index contributed by atoms with van der Waals surface area (Å²) in [7, 11) is 0. The van der Waals surface area contributed by atoms with Gasteiger partial charge in [-0.2, -0.15) is 0 Å². The zero-order valence-corrected chi connectivity index (χ0v) is 15.9. The average Bonchev–Trinajstić information content (AvgIpc) is 2.51. The number of hydrogen-bond acceptors (Lipinski definition) is 0. The first-order chi connectivity index (χ1) is 10.1. The molecule has 2 heteroatoms. The molecule has 0 saturated carbocycles. The molecular weight excluding hydrogens is 388 g/mol. The molecule has 0 spiro atoms. The number of halogens is 2. The van der Waals surface area contributed by atoms with Crippen molar-refractivity contribution in [1.82, 2.24) is 0 Å². The second-order valence-corrected chi connectivity index (χ2v) is 7.21. The molecule has 0 unspecified atom stereocenters. The second-order valence-electron chi connectivity index (χ2n) is 6.09. The van der Waals surface area contributed by atoms with E-state index in [4.69, 9.17) is 0 Å². The Labute approximate surface area is 145 Å². The van der Waals surface area contributed by atoms with Crippen LogP contribution in [0.15, 0.2) is 48.5 Å². The van der Waals surface area contributed by atoms with E-state index in [1.165, 1.54) is 22.3 Å². The number of aryl methyl sites for hydroxylation is 2. The van der Waals surface area contributed by atoms with Crippen LogP contribution in [-0.4, -0.2) is 10.7 Å². The van der Waals surface area contributed by atoms with E-state index < -0.39 is 0 Å². The molecular formula is C19H22Br2. The molecule has 0 amide bonds. The molecule has 0 heterocycles. The molecule has 0 radical (unpaired) electrons. The van der Waals surface area contributed by atoms with Gasteiger partial charge in [0, 0.05) is 10.7 Å². The van der Waals surface area contributed by atoms with Crippen LogP contribution < -0.4 is 0 Å². The quantitative estimate of drug-likeness (QED) is 0.523. The highest BCUT2D eigenvalue weighted by Crippen LogP contribution is 2.32.